The molecule has 3 rings (SSSR count). The first-order valence-corrected chi connectivity index (χ1v) is 7.53. The maximum atomic E-state index is 12.4. The van der Waals surface area contributed by atoms with E-state index in [-0.39, 0.29) is 18.2 Å². The van der Waals surface area contributed by atoms with Crippen molar-refractivity contribution in [1.29, 1.82) is 0 Å². The van der Waals surface area contributed by atoms with Crippen LogP contribution in [-0.2, 0) is 4.79 Å². The third-order valence-corrected chi connectivity index (χ3v) is 4.37. The van der Waals surface area contributed by atoms with Gasteiger partial charge in [-0.15, -0.1) is 0 Å². The maximum absolute atomic E-state index is 12.4. The first-order valence-electron chi connectivity index (χ1n) is 6.73. The second-order valence-electron chi connectivity index (χ2n) is 5.27. The Morgan fingerprint density at radius 3 is 2.95 bits per heavy atom. The van der Waals surface area contributed by atoms with E-state index >= 15 is 0 Å². The van der Waals surface area contributed by atoms with Gasteiger partial charge in [0.1, 0.15) is 5.58 Å². The SMILES string of the molecule is O=C(O)CC1CCN(C(=O)c2cc3cccc(Br)c3o2)C1. The number of carbonyl (C=O) groups excluding carboxylic acids is 1. The number of benzene rings is 1. The number of carboxylic acid groups (broad SMARTS) is 1. The highest BCUT2D eigenvalue weighted by Crippen LogP contribution is 2.29. The third-order valence-electron chi connectivity index (χ3n) is 3.74. The lowest BCUT2D eigenvalue weighted by Crippen LogP contribution is -2.28. The Morgan fingerprint density at radius 1 is 1.43 bits per heavy atom. The summed E-state index contributed by atoms with van der Waals surface area (Å²) >= 11 is 3.40. The smallest absolute Gasteiger partial charge is 0.303 e. The van der Waals surface area contributed by atoms with Crippen LogP contribution in [0.2, 0.25) is 0 Å². The Morgan fingerprint density at radius 2 is 2.24 bits per heavy atom. The van der Waals surface area contributed by atoms with E-state index in [0.717, 1.165) is 16.3 Å². The average Bonchev–Trinajstić information content (AvgIpc) is 3.04. The van der Waals surface area contributed by atoms with E-state index in [2.05, 4.69) is 15.9 Å². The molecule has 1 aliphatic heterocycles. The molecule has 6 heteroatoms. The van der Waals surface area contributed by atoms with Crippen molar-refractivity contribution in [2.75, 3.05) is 13.1 Å². The summed E-state index contributed by atoms with van der Waals surface area (Å²) in [6.07, 6.45) is 0.831. The zero-order valence-corrected chi connectivity index (χ0v) is 12.8. The first-order chi connectivity index (χ1) is 10.0. The molecule has 0 bridgehead atoms. The summed E-state index contributed by atoms with van der Waals surface area (Å²) in [6, 6.07) is 7.36. The number of carboxylic acids is 1. The van der Waals surface area contributed by atoms with E-state index in [9.17, 15) is 9.59 Å². The number of fused-ring (bicyclic) bond motifs is 1. The summed E-state index contributed by atoms with van der Waals surface area (Å²) in [4.78, 5) is 24.8. The van der Waals surface area contributed by atoms with Gasteiger partial charge in [0.2, 0.25) is 0 Å². The zero-order chi connectivity index (χ0) is 15.0. The van der Waals surface area contributed by atoms with Crippen LogP contribution in [0.1, 0.15) is 23.4 Å². The van der Waals surface area contributed by atoms with Crippen molar-refractivity contribution < 1.29 is 19.1 Å². The van der Waals surface area contributed by atoms with E-state index < -0.39 is 5.97 Å². The van der Waals surface area contributed by atoms with Crippen LogP contribution in [0.25, 0.3) is 11.0 Å². The number of halogens is 1. The molecule has 1 amide bonds. The van der Waals surface area contributed by atoms with Crippen LogP contribution in [0.5, 0.6) is 0 Å². The minimum absolute atomic E-state index is 0.0302. The van der Waals surface area contributed by atoms with Gasteiger partial charge >= 0.3 is 5.97 Å². The number of carbonyl (C=O) groups is 2. The van der Waals surface area contributed by atoms with E-state index in [1.807, 2.05) is 18.2 Å². The standard InChI is InChI=1S/C15H14BrNO4/c16-11-3-1-2-10-7-12(21-14(10)11)15(20)17-5-4-9(8-17)6-13(18)19/h1-3,7,9H,4-6,8H2,(H,18,19). The lowest BCUT2D eigenvalue weighted by molar-refractivity contribution is -0.138. The molecule has 1 aromatic heterocycles. The van der Waals surface area contributed by atoms with Crippen LogP contribution in [0.15, 0.2) is 33.2 Å². The van der Waals surface area contributed by atoms with Crippen molar-refractivity contribution in [1.82, 2.24) is 4.90 Å². The number of hydrogen-bond donors (Lipinski definition) is 1. The van der Waals surface area contributed by atoms with Crippen LogP contribution < -0.4 is 0 Å². The zero-order valence-electron chi connectivity index (χ0n) is 11.2. The van der Waals surface area contributed by atoms with Gasteiger partial charge in [-0.1, -0.05) is 12.1 Å². The predicted octanol–water partition coefficient (Wildman–Crippen LogP) is 3.13. The molecule has 0 spiro atoms. The van der Waals surface area contributed by atoms with E-state index in [0.29, 0.717) is 24.4 Å². The van der Waals surface area contributed by atoms with Gasteiger partial charge < -0.3 is 14.4 Å². The third kappa shape index (κ3) is 2.81. The van der Waals surface area contributed by atoms with Crippen molar-refractivity contribution >= 4 is 38.8 Å². The molecule has 1 unspecified atom stereocenters. The number of aliphatic carboxylic acids is 1. The Bertz CT molecular complexity index is 709. The Kier molecular flexibility index (Phi) is 3.71. The predicted molar refractivity (Wildman–Crippen MR) is 80.2 cm³/mol. The lowest BCUT2D eigenvalue weighted by atomic mass is 10.1. The number of furan rings is 1. The second-order valence-corrected chi connectivity index (χ2v) is 6.13. The summed E-state index contributed by atoms with van der Waals surface area (Å²) in [5.41, 5.74) is 0.655. The highest BCUT2D eigenvalue weighted by molar-refractivity contribution is 9.10. The number of rotatable bonds is 3. The fraction of sp³-hybridized carbons (Fsp3) is 0.333. The lowest BCUT2D eigenvalue weighted by Gasteiger charge is -2.14. The number of amides is 1. The summed E-state index contributed by atoms with van der Waals surface area (Å²) in [6.45, 7) is 1.05. The monoisotopic (exact) mass is 351 g/mol. The molecule has 5 nitrogen and oxygen atoms in total. The van der Waals surface area contributed by atoms with Crippen LogP contribution >= 0.6 is 15.9 Å². The Labute approximate surface area is 129 Å². The minimum Gasteiger partial charge on any atom is -0.481 e. The van der Waals surface area contributed by atoms with Crippen LogP contribution in [-0.4, -0.2) is 35.0 Å². The minimum atomic E-state index is -0.818. The molecule has 1 fully saturated rings. The molecule has 1 atom stereocenters. The summed E-state index contributed by atoms with van der Waals surface area (Å²) in [7, 11) is 0. The van der Waals surface area contributed by atoms with E-state index in [1.54, 1.807) is 11.0 Å². The van der Waals surface area contributed by atoms with Crippen molar-refractivity contribution in [2.45, 2.75) is 12.8 Å². The molecule has 1 aliphatic rings. The normalized spacial score (nSPS) is 18.3. The summed E-state index contributed by atoms with van der Waals surface area (Å²) in [5.74, 6) is -0.664. The first kappa shape index (κ1) is 14.1. The molecule has 1 N–H and O–H groups in total. The molecule has 0 radical (unpaired) electrons. The highest BCUT2D eigenvalue weighted by Gasteiger charge is 2.30. The maximum Gasteiger partial charge on any atom is 0.303 e. The van der Waals surface area contributed by atoms with Gasteiger partial charge in [0.25, 0.3) is 5.91 Å². The topological polar surface area (TPSA) is 70.8 Å². The molecule has 0 saturated carbocycles. The van der Waals surface area contributed by atoms with Crippen LogP contribution in [0.3, 0.4) is 0 Å². The van der Waals surface area contributed by atoms with Gasteiger partial charge in [-0.3, -0.25) is 9.59 Å². The molecular weight excluding hydrogens is 338 g/mol. The largest absolute Gasteiger partial charge is 0.481 e. The quantitative estimate of drug-likeness (QED) is 0.921. The summed E-state index contributed by atoms with van der Waals surface area (Å²) < 4.78 is 6.44. The highest BCUT2D eigenvalue weighted by atomic mass is 79.9. The van der Waals surface area contributed by atoms with Gasteiger partial charge in [0, 0.05) is 24.9 Å². The molecular formula is C15H14BrNO4. The molecule has 21 heavy (non-hydrogen) atoms. The Hall–Kier alpha value is -1.82. The van der Waals surface area contributed by atoms with Gasteiger partial charge in [0.15, 0.2) is 5.76 Å². The molecule has 1 saturated heterocycles. The summed E-state index contributed by atoms with van der Waals surface area (Å²) in [5, 5.41) is 9.68. The molecule has 110 valence electrons. The van der Waals surface area contributed by atoms with Gasteiger partial charge in [-0.05, 0) is 40.4 Å². The van der Waals surface area contributed by atoms with Crippen molar-refractivity contribution in [3.8, 4) is 0 Å². The van der Waals surface area contributed by atoms with Crippen molar-refractivity contribution in [3.05, 3.63) is 34.5 Å². The van der Waals surface area contributed by atoms with Gasteiger partial charge in [-0.25, -0.2) is 0 Å². The average molecular weight is 352 g/mol. The van der Waals surface area contributed by atoms with Gasteiger partial charge in [0.05, 0.1) is 4.47 Å². The fourth-order valence-electron chi connectivity index (χ4n) is 2.72. The number of nitrogens with zero attached hydrogens (tertiary/aromatic N) is 1. The Balaban J connectivity index is 1.78. The second kappa shape index (κ2) is 5.52. The molecule has 0 aliphatic carbocycles. The number of likely N-dealkylation sites (tertiary alicyclic amines) is 1. The van der Waals surface area contributed by atoms with E-state index in [4.69, 9.17) is 9.52 Å². The van der Waals surface area contributed by atoms with Crippen molar-refractivity contribution in [2.24, 2.45) is 5.92 Å². The number of para-hydroxylation sites is 1. The van der Waals surface area contributed by atoms with E-state index in [1.165, 1.54) is 0 Å². The van der Waals surface area contributed by atoms with Crippen LogP contribution in [0.4, 0.5) is 0 Å². The van der Waals surface area contributed by atoms with Gasteiger partial charge in [-0.2, -0.15) is 0 Å². The molecule has 2 aromatic rings. The number of hydrogen-bond acceptors (Lipinski definition) is 3. The molecule has 1 aromatic carbocycles. The molecule has 2 heterocycles. The van der Waals surface area contributed by atoms with Crippen LogP contribution in [0, 0.1) is 5.92 Å². The fourth-order valence-corrected chi connectivity index (χ4v) is 3.18. The van der Waals surface area contributed by atoms with Crippen molar-refractivity contribution in [3.63, 3.8) is 0 Å².